The van der Waals surface area contributed by atoms with E-state index in [2.05, 4.69) is 42.1 Å². The van der Waals surface area contributed by atoms with Crippen LogP contribution in [0.4, 0.5) is 22.0 Å². The van der Waals surface area contributed by atoms with Gasteiger partial charge in [-0.3, -0.25) is 15.1 Å². The number of aliphatic hydroxyl groups is 1. The molecule has 1 aromatic carbocycles. The van der Waals surface area contributed by atoms with Gasteiger partial charge in [-0.15, -0.1) is 5.10 Å². The first kappa shape index (κ1) is 26.7. The highest BCUT2D eigenvalue weighted by molar-refractivity contribution is 5.96. The van der Waals surface area contributed by atoms with E-state index >= 15 is 0 Å². The Morgan fingerprint density at radius 3 is 2.56 bits per heavy atom. The first-order valence-electron chi connectivity index (χ1n) is 12.0. The van der Waals surface area contributed by atoms with Gasteiger partial charge in [-0.2, -0.15) is 23.4 Å². The van der Waals surface area contributed by atoms with Crippen LogP contribution in [0.1, 0.15) is 68.5 Å². The molecule has 8 nitrogen and oxygen atoms in total. The number of aliphatic hydroxyl groups excluding tert-OH is 1. The van der Waals surface area contributed by atoms with Crippen molar-refractivity contribution in [2.45, 2.75) is 57.2 Å². The summed E-state index contributed by atoms with van der Waals surface area (Å²) in [5.41, 5.74) is 0.485. The average molecular weight is 546 g/mol. The van der Waals surface area contributed by atoms with Gasteiger partial charge >= 0.3 is 6.18 Å². The number of aliphatic imine (C=N–C) groups is 2. The number of aromatic amines is 1. The number of H-pyrrole nitrogens is 1. The lowest BCUT2D eigenvalue weighted by Gasteiger charge is -2.38. The van der Waals surface area contributed by atoms with Gasteiger partial charge in [0, 0.05) is 6.20 Å². The van der Waals surface area contributed by atoms with Gasteiger partial charge in [-0.25, -0.2) is 13.8 Å². The van der Waals surface area contributed by atoms with E-state index in [1.807, 2.05) is 13.8 Å². The number of nitrogens with one attached hydrogen (secondary N) is 1. The number of alkyl halides is 3. The molecule has 0 saturated heterocycles. The van der Waals surface area contributed by atoms with Crippen LogP contribution < -0.4 is 0 Å². The molecule has 2 bridgehead atoms. The van der Waals surface area contributed by atoms with Crippen LogP contribution >= 0.6 is 0 Å². The number of hydrogen-bond acceptors (Lipinski definition) is 7. The highest BCUT2D eigenvalue weighted by Crippen LogP contribution is 2.70. The molecule has 2 heterocycles. The fourth-order valence-corrected chi connectivity index (χ4v) is 6.02. The minimum absolute atomic E-state index is 0.0425. The van der Waals surface area contributed by atoms with Crippen LogP contribution in [-0.4, -0.2) is 49.1 Å². The Morgan fingerprint density at radius 1 is 1.23 bits per heavy atom. The van der Waals surface area contributed by atoms with Gasteiger partial charge in [0.15, 0.2) is 11.6 Å². The predicted octanol–water partition coefficient (Wildman–Crippen LogP) is 5.34. The number of fused-ring (bicyclic) bond motifs is 5. The van der Waals surface area contributed by atoms with E-state index in [4.69, 9.17) is 0 Å². The van der Waals surface area contributed by atoms with Crippen LogP contribution in [0.3, 0.4) is 0 Å². The van der Waals surface area contributed by atoms with E-state index < -0.39 is 40.6 Å². The third-order valence-electron chi connectivity index (χ3n) is 7.94. The number of aromatic nitrogens is 5. The topological polar surface area (TPSA) is 112 Å². The second-order valence-electron chi connectivity index (χ2n) is 10.2. The molecule has 1 fully saturated rings. The Balaban J connectivity index is 1.60. The van der Waals surface area contributed by atoms with Gasteiger partial charge in [0.2, 0.25) is 6.10 Å². The van der Waals surface area contributed by atoms with Crippen LogP contribution in [0.5, 0.6) is 0 Å². The Kier molecular flexibility index (Phi) is 6.24. The normalized spacial score (nSPS) is 23.2. The van der Waals surface area contributed by atoms with Gasteiger partial charge in [-0.1, -0.05) is 19.9 Å². The first-order valence-corrected chi connectivity index (χ1v) is 12.0. The largest absolute Gasteiger partial charge is 0.421 e. The molecule has 39 heavy (non-hydrogen) atoms. The zero-order valence-electron chi connectivity index (χ0n) is 21.2. The lowest BCUT2D eigenvalue weighted by Crippen LogP contribution is -2.37. The Hall–Kier alpha value is -3.87. The Morgan fingerprint density at radius 2 is 1.92 bits per heavy atom. The van der Waals surface area contributed by atoms with E-state index in [1.165, 1.54) is 19.2 Å². The van der Waals surface area contributed by atoms with Crippen LogP contribution in [0, 0.1) is 17.0 Å². The maximum absolute atomic E-state index is 14.5. The van der Waals surface area contributed by atoms with Crippen LogP contribution in [0.15, 0.2) is 46.1 Å². The van der Waals surface area contributed by atoms with Crippen LogP contribution in [-0.2, 0) is 5.41 Å². The second kappa shape index (κ2) is 9.11. The Bertz CT molecular complexity index is 1510. The third-order valence-corrected chi connectivity index (χ3v) is 7.94. The molecule has 0 aliphatic heterocycles. The quantitative estimate of drug-likeness (QED) is 0.321. The van der Waals surface area contributed by atoms with Crippen molar-refractivity contribution in [1.82, 2.24) is 25.4 Å². The number of rotatable bonds is 6. The SMILES string of the molecule is C=N/C=C(\N=C(/C)c1nc([C@@H](O)C(F)(F)F)n[nH]1)[C@@]12CC[C@@H](c3cc(-c4c(F)cccc4F)nnc31)C2(C)C. The van der Waals surface area contributed by atoms with E-state index in [0.29, 0.717) is 17.8 Å². The molecule has 0 amide bonds. The molecule has 204 valence electrons. The average Bonchev–Trinajstić information content (AvgIpc) is 3.51. The van der Waals surface area contributed by atoms with Crippen molar-refractivity contribution in [3.8, 4) is 11.3 Å². The molecule has 0 unspecified atom stereocenters. The van der Waals surface area contributed by atoms with Gasteiger partial charge in [0.05, 0.1) is 33.8 Å². The summed E-state index contributed by atoms with van der Waals surface area (Å²) in [5, 5.41) is 24.0. The zero-order valence-corrected chi connectivity index (χ0v) is 21.2. The van der Waals surface area contributed by atoms with E-state index in [1.54, 1.807) is 6.07 Å². The van der Waals surface area contributed by atoms with Crippen LogP contribution in [0.25, 0.3) is 11.3 Å². The summed E-state index contributed by atoms with van der Waals surface area (Å²) in [6, 6.07) is 5.24. The van der Waals surface area contributed by atoms with E-state index in [-0.39, 0.29) is 28.7 Å². The molecule has 0 radical (unpaired) electrons. The summed E-state index contributed by atoms with van der Waals surface area (Å²) in [7, 11) is 0. The number of nitrogens with zero attached hydrogens (tertiary/aromatic N) is 6. The predicted molar refractivity (Wildman–Crippen MR) is 132 cm³/mol. The van der Waals surface area contributed by atoms with Crippen molar-refractivity contribution < 1.29 is 27.1 Å². The van der Waals surface area contributed by atoms with Crippen molar-refractivity contribution in [3.63, 3.8) is 0 Å². The summed E-state index contributed by atoms with van der Waals surface area (Å²) < 4.78 is 67.7. The van der Waals surface area contributed by atoms with Crippen molar-refractivity contribution in [3.05, 3.63) is 70.7 Å². The highest BCUT2D eigenvalue weighted by Gasteiger charge is 2.65. The van der Waals surface area contributed by atoms with Crippen molar-refractivity contribution >= 4 is 12.4 Å². The maximum atomic E-state index is 14.5. The molecule has 3 atom stereocenters. The zero-order chi connectivity index (χ0) is 28.3. The lowest BCUT2D eigenvalue weighted by atomic mass is 9.66. The van der Waals surface area contributed by atoms with Gasteiger partial charge in [0.1, 0.15) is 11.6 Å². The summed E-state index contributed by atoms with van der Waals surface area (Å²) in [6.07, 6.45) is -5.00. The molecule has 13 heteroatoms. The molecular weight excluding hydrogens is 521 g/mol. The number of halogens is 5. The molecule has 5 rings (SSSR count). The standard InChI is InChI=1S/C26H24F5N7O/c1-12(22-34-23(38-37-22)21(39)26(29,30)31)33-18(11-32-4)25-9-8-14(24(25,2)3)13-10-17(35-36-20(13)25)19-15(27)6-5-7-16(19)28/h5-7,10-11,14,21,39H,4,8-9H2,1-3H3,(H,34,37,38)/b18-11-,33-12+/t14-,21+,25-/m0/s1. The third kappa shape index (κ3) is 3.98. The van der Waals surface area contributed by atoms with Crippen molar-refractivity contribution in [2.24, 2.45) is 15.4 Å². The number of hydrogen-bond donors (Lipinski definition) is 2. The van der Waals surface area contributed by atoms with Gasteiger partial charge < -0.3 is 5.11 Å². The summed E-state index contributed by atoms with van der Waals surface area (Å²) >= 11 is 0. The fraction of sp³-hybridized carbons (Fsp3) is 0.385. The maximum Gasteiger partial charge on any atom is 0.421 e. The summed E-state index contributed by atoms with van der Waals surface area (Å²) in [4.78, 5) is 12.4. The van der Waals surface area contributed by atoms with Gasteiger partial charge in [-0.05, 0) is 61.6 Å². The van der Waals surface area contributed by atoms with Crippen molar-refractivity contribution in [1.29, 1.82) is 0 Å². The molecule has 3 aromatic rings. The highest BCUT2D eigenvalue weighted by atomic mass is 19.4. The fourth-order valence-electron chi connectivity index (χ4n) is 6.02. The van der Waals surface area contributed by atoms with Crippen molar-refractivity contribution in [2.75, 3.05) is 0 Å². The molecule has 2 N–H and O–H groups in total. The smallest absolute Gasteiger partial charge is 0.377 e. The Labute approximate surface area is 219 Å². The van der Waals surface area contributed by atoms with E-state index in [0.717, 1.165) is 24.1 Å². The molecule has 0 spiro atoms. The molecule has 2 aliphatic rings. The minimum Gasteiger partial charge on any atom is -0.377 e. The minimum atomic E-state index is -4.93. The summed E-state index contributed by atoms with van der Waals surface area (Å²) in [5.74, 6) is -2.44. The second-order valence-corrected chi connectivity index (χ2v) is 10.2. The number of benzene rings is 1. The monoisotopic (exact) mass is 545 g/mol. The molecule has 2 aliphatic carbocycles. The first-order chi connectivity index (χ1) is 18.3. The van der Waals surface area contributed by atoms with Crippen LogP contribution in [0.2, 0.25) is 0 Å². The molecule has 2 aromatic heterocycles. The molecule has 1 saturated carbocycles. The van der Waals surface area contributed by atoms with E-state index in [9.17, 15) is 27.1 Å². The summed E-state index contributed by atoms with van der Waals surface area (Å²) in [6.45, 7) is 9.15. The number of allylic oxidation sites excluding steroid dienone is 1. The molecular formula is C26H24F5N7O. The van der Waals surface area contributed by atoms with Gasteiger partial charge in [0.25, 0.3) is 0 Å². The lowest BCUT2D eigenvalue weighted by molar-refractivity contribution is -0.209.